The Kier molecular flexibility index (Phi) is 4.90. The van der Waals surface area contributed by atoms with Gasteiger partial charge in [-0.3, -0.25) is 4.79 Å². The van der Waals surface area contributed by atoms with Gasteiger partial charge < -0.3 is 15.2 Å². The van der Waals surface area contributed by atoms with Crippen LogP contribution < -0.4 is 5.32 Å². The molecular weight excluding hydrogens is 182 g/mol. The molecule has 1 saturated heterocycles. The monoisotopic (exact) mass is 201 g/mol. The summed E-state index contributed by atoms with van der Waals surface area (Å²) in [7, 11) is 0. The molecule has 0 aliphatic carbocycles. The largest absolute Gasteiger partial charge is 0.396 e. The zero-order valence-corrected chi connectivity index (χ0v) is 8.66. The van der Waals surface area contributed by atoms with Gasteiger partial charge in [-0.25, -0.2) is 0 Å². The molecule has 1 amide bonds. The van der Waals surface area contributed by atoms with Crippen molar-refractivity contribution in [1.82, 2.24) is 5.32 Å². The summed E-state index contributed by atoms with van der Waals surface area (Å²) < 4.78 is 5.35. The normalized spacial score (nSPS) is 23.4. The quantitative estimate of drug-likeness (QED) is 0.672. The third kappa shape index (κ3) is 4.07. The molecule has 1 aliphatic rings. The van der Waals surface area contributed by atoms with Gasteiger partial charge >= 0.3 is 0 Å². The summed E-state index contributed by atoms with van der Waals surface area (Å²) in [4.78, 5) is 11.3. The third-order valence-electron chi connectivity index (χ3n) is 2.40. The lowest BCUT2D eigenvalue weighted by atomic mass is 10.1. The molecule has 4 nitrogen and oxygen atoms in total. The van der Waals surface area contributed by atoms with Crippen LogP contribution in [0.15, 0.2) is 0 Å². The predicted octanol–water partition coefficient (Wildman–Crippen LogP) is 0.300. The van der Waals surface area contributed by atoms with Crippen LogP contribution in [0.25, 0.3) is 0 Å². The molecular formula is C10H19NO3. The topological polar surface area (TPSA) is 58.6 Å². The fourth-order valence-corrected chi connectivity index (χ4v) is 1.44. The third-order valence-corrected chi connectivity index (χ3v) is 2.40. The lowest BCUT2D eigenvalue weighted by Crippen LogP contribution is -2.31. The van der Waals surface area contributed by atoms with Gasteiger partial charge in [0.1, 0.15) is 0 Å². The zero-order chi connectivity index (χ0) is 10.4. The van der Waals surface area contributed by atoms with Crippen molar-refractivity contribution in [2.75, 3.05) is 19.8 Å². The summed E-state index contributed by atoms with van der Waals surface area (Å²) in [6.45, 7) is 3.33. The van der Waals surface area contributed by atoms with Crippen molar-refractivity contribution in [2.45, 2.75) is 32.3 Å². The highest BCUT2D eigenvalue weighted by Gasteiger charge is 2.18. The molecule has 0 aromatic carbocycles. The van der Waals surface area contributed by atoms with Crippen LogP contribution in [0.3, 0.4) is 0 Å². The van der Waals surface area contributed by atoms with E-state index in [-0.39, 0.29) is 24.5 Å². The summed E-state index contributed by atoms with van der Waals surface area (Å²) in [5, 5.41) is 11.5. The van der Waals surface area contributed by atoms with Crippen LogP contribution in [0, 0.1) is 5.92 Å². The lowest BCUT2D eigenvalue weighted by Gasteiger charge is -2.12. The second-order valence-electron chi connectivity index (χ2n) is 3.93. The van der Waals surface area contributed by atoms with Crippen LogP contribution >= 0.6 is 0 Å². The van der Waals surface area contributed by atoms with E-state index < -0.39 is 0 Å². The minimum Gasteiger partial charge on any atom is -0.396 e. The van der Waals surface area contributed by atoms with E-state index in [2.05, 4.69) is 5.32 Å². The van der Waals surface area contributed by atoms with Gasteiger partial charge in [-0.2, -0.15) is 0 Å². The van der Waals surface area contributed by atoms with E-state index in [1.54, 1.807) is 0 Å². The Balaban J connectivity index is 2.09. The molecule has 2 unspecified atom stereocenters. The zero-order valence-electron chi connectivity index (χ0n) is 8.66. The van der Waals surface area contributed by atoms with Crippen LogP contribution in [0.4, 0.5) is 0 Å². The van der Waals surface area contributed by atoms with E-state index in [0.717, 1.165) is 19.4 Å². The standard InChI is InChI=1S/C10H19NO3/c1-8(7-12)6-11-10(13)5-9-3-2-4-14-9/h8-9,12H,2-7H2,1H3,(H,11,13). The first kappa shape index (κ1) is 11.5. The average molecular weight is 201 g/mol. The number of hydrogen-bond donors (Lipinski definition) is 2. The molecule has 2 atom stereocenters. The van der Waals surface area contributed by atoms with Gasteiger partial charge in [-0.1, -0.05) is 6.92 Å². The number of amides is 1. The molecule has 14 heavy (non-hydrogen) atoms. The van der Waals surface area contributed by atoms with Gasteiger partial charge in [0.15, 0.2) is 0 Å². The summed E-state index contributed by atoms with van der Waals surface area (Å²) in [6.07, 6.45) is 2.62. The number of rotatable bonds is 5. The van der Waals surface area contributed by atoms with E-state index in [4.69, 9.17) is 9.84 Å². The first-order chi connectivity index (χ1) is 6.72. The molecule has 0 spiro atoms. The van der Waals surface area contributed by atoms with E-state index in [9.17, 15) is 4.79 Å². The van der Waals surface area contributed by atoms with Crippen LogP contribution in [-0.2, 0) is 9.53 Å². The predicted molar refractivity (Wildman–Crippen MR) is 52.9 cm³/mol. The van der Waals surface area contributed by atoms with Crippen molar-refractivity contribution < 1.29 is 14.6 Å². The summed E-state index contributed by atoms with van der Waals surface area (Å²) in [5.41, 5.74) is 0. The van der Waals surface area contributed by atoms with Gasteiger partial charge in [0, 0.05) is 19.8 Å². The summed E-state index contributed by atoms with van der Waals surface area (Å²) in [5.74, 6) is 0.153. The van der Waals surface area contributed by atoms with Crippen molar-refractivity contribution in [2.24, 2.45) is 5.92 Å². The highest BCUT2D eigenvalue weighted by atomic mass is 16.5. The molecule has 0 bridgehead atoms. The number of ether oxygens (including phenoxy) is 1. The maximum absolute atomic E-state index is 11.3. The molecule has 2 N–H and O–H groups in total. The number of nitrogens with one attached hydrogen (secondary N) is 1. The smallest absolute Gasteiger partial charge is 0.222 e. The van der Waals surface area contributed by atoms with Gasteiger partial charge in [-0.15, -0.1) is 0 Å². The molecule has 0 aromatic heterocycles. The van der Waals surface area contributed by atoms with Crippen LogP contribution in [0.5, 0.6) is 0 Å². The van der Waals surface area contributed by atoms with Crippen LogP contribution in [0.1, 0.15) is 26.2 Å². The summed E-state index contributed by atoms with van der Waals surface area (Å²) in [6, 6.07) is 0. The molecule has 0 radical (unpaired) electrons. The first-order valence-corrected chi connectivity index (χ1v) is 5.21. The Morgan fingerprint density at radius 2 is 2.50 bits per heavy atom. The molecule has 0 saturated carbocycles. The lowest BCUT2D eigenvalue weighted by molar-refractivity contribution is -0.123. The molecule has 4 heteroatoms. The molecule has 1 fully saturated rings. The molecule has 1 rings (SSSR count). The van der Waals surface area contributed by atoms with Gasteiger partial charge in [0.2, 0.25) is 5.91 Å². The van der Waals surface area contributed by atoms with Crippen molar-refractivity contribution in [1.29, 1.82) is 0 Å². The number of hydrogen-bond acceptors (Lipinski definition) is 3. The van der Waals surface area contributed by atoms with Crippen LogP contribution in [-0.4, -0.2) is 36.9 Å². The van der Waals surface area contributed by atoms with Gasteiger partial charge in [0.25, 0.3) is 0 Å². The van der Waals surface area contributed by atoms with Crippen molar-refractivity contribution >= 4 is 5.91 Å². The van der Waals surface area contributed by atoms with E-state index in [0.29, 0.717) is 13.0 Å². The molecule has 0 aromatic rings. The summed E-state index contributed by atoms with van der Waals surface area (Å²) >= 11 is 0. The fourth-order valence-electron chi connectivity index (χ4n) is 1.44. The molecule has 1 aliphatic heterocycles. The number of aliphatic hydroxyl groups excluding tert-OH is 1. The second-order valence-corrected chi connectivity index (χ2v) is 3.93. The minimum atomic E-state index is 0.0252. The molecule has 82 valence electrons. The van der Waals surface area contributed by atoms with Crippen molar-refractivity contribution in [3.8, 4) is 0 Å². The number of aliphatic hydroxyl groups is 1. The van der Waals surface area contributed by atoms with Crippen molar-refractivity contribution in [3.05, 3.63) is 0 Å². The minimum absolute atomic E-state index is 0.0252. The fraction of sp³-hybridized carbons (Fsp3) is 0.900. The van der Waals surface area contributed by atoms with E-state index >= 15 is 0 Å². The van der Waals surface area contributed by atoms with Gasteiger partial charge in [0.05, 0.1) is 12.5 Å². The van der Waals surface area contributed by atoms with Gasteiger partial charge in [-0.05, 0) is 18.8 Å². The SMILES string of the molecule is CC(CO)CNC(=O)CC1CCCO1. The number of carbonyl (C=O) groups is 1. The van der Waals surface area contributed by atoms with E-state index in [1.165, 1.54) is 0 Å². The number of carbonyl (C=O) groups excluding carboxylic acids is 1. The maximum Gasteiger partial charge on any atom is 0.222 e. The highest BCUT2D eigenvalue weighted by Crippen LogP contribution is 2.14. The molecule has 1 heterocycles. The first-order valence-electron chi connectivity index (χ1n) is 5.21. The maximum atomic E-state index is 11.3. The van der Waals surface area contributed by atoms with Crippen molar-refractivity contribution in [3.63, 3.8) is 0 Å². The second kappa shape index (κ2) is 5.98. The Morgan fingerprint density at radius 1 is 1.71 bits per heavy atom. The highest BCUT2D eigenvalue weighted by molar-refractivity contribution is 5.76. The Morgan fingerprint density at radius 3 is 3.07 bits per heavy atom. The Bertz CT molecular complexity index is 178. The Labute approximate surface area is 84.6 Å². The van der Waals surface area contributed by atoms with Crippen LogP contribution in [0.2, 0.25) is 0 Å². The van der Waals surface area contributed by atoms with E-state index in [1.807, 2.05) is 6.92 Å². The average Bonchev–Trinajstić information content (AvgIpc) is 2.66. The Hall–Kier alpha value is -0.610.